The molecule has 5 heteroatoms. The lowest BCUT2D eigenvalue weighted by Crippen LogP contribution is -2.05. The number of phenols is 1. The van der Waals surface area contributed by atoms with E-state index in [9.17, 15) is 13.2 Å². The maximum Gasteiger partial charge on any atom is 0.419 e. The number of aromatic hydroxyl groups is 1. The fourth-order valence-electron chi connectivity index (χ4n) is 1.07. The molecule has 1 N–H and O–H groups in total. The van der Waals surface area contributed by atoms with E-state index in [1.165, 1.54) is 18.2 Å². The second-order valence-electron chi connectivity index (χ2n) is 2.83. The Bertz CT molecular complexity index is 371. The summed E-state index contributed by atoms with van der Waals surface area (Å²) in [6.07, 6.45) is -1.56. The van der Waals surface area contributed by atoms with Gasteiger partial charge in [0.2, 0.25) is 0 Å². The predicted molar refractivity (Wildman–Crippen MR) is 52.9 cm³/mol. The fourth-order valence-corrected chi connectivity index (χ4v) is 1.15. The number of benzene rings is 1. The first-order valence-corrected chi connectivity index (χ1v) is 4.61. The molecule has 1 aromatic carbocycles. The van der Waals surface area contributed by atoms with Crippen LogP contribution in [0.15, 0.2) is 24.3 Å². The van der Waals surface area contributed by atoms with Gasteiger partial charge in [-0.05, 0) is 17.7 Å². The van der Waals surface area contributed by atoms with Gasteiger partial charge < -0.3 is 5.11 Å². The second kappa shape index (κ2) is 4.57. The molecule has 0 spiro atoms. The number of allylic oxidation sites excluding steroid dienone is 1. The van der Waals surface area contributed by atoms with Gasteiger partial charge in [-0.1, -0.05) is 18.2 Å². The summed E-state index contributed by atoms with van der Waals surface area (Å²) in [5.74, 6) is -0.548. The number of hydrogen-bond acceptors (Lipinski definition) is 1. The van der Waals surface area contributed by atoms with Gasteiger partial charge in [0.15, 0.2) is 0 Å². The lowest BCUT2D eigenvalue weighted by Gasteiger charge is -2.09. The molecule has 82 valence electrons. The van der Waals surface area contributed by atoms with Crippen molar-refractivity contribution in [3.05, 3.63) is 35.4 Å². The summed E-state index contributed by atoms with van der Waals surface area (Å²) in [5, 5.41) is 9.03. The molecule has 0 unspecified atom stereocenters. The van der Waals surface area contributed by atoms with Crippen LogP contribution in [0.2, 0.25) is 0 Å². The van der Waals surface area contributed by atoms with Crippen molar-refractivity contribution < 1.29 is 18.3 Å². The molecule has 0 aliphatic carbocycles. The molecule has 0 saturated carbocycles. The zero-order chi connectivity index (χ0) is 11.5. The highest BCUT2D eigenvalue weighted by molar-refractivity contribution is 6.19. The van der Waals surface area contributed by atoms with E-state index in [0.29, 0.717) is 5.56 Å². The number of phenolic OH excluding ortho intramolecular Hbond substituents is 1. The molecule has 0 fully saturated rings. The topological polar surface area (TPSA) is 20.2 Å². The zero-order valence-corrected chi connectivity index (χ0v) is 8.31. The largest absolute Gasteiger partial charge is 0.507 e. The molecule has 1 aromatic rings. The smallest absolute Gasteiger partial charge is 0.419 e. The van der Waals surface area contributed by atoms with Crippen molar-refractivity contribution in [1.29, 1.82) is 0 Å². The minimum absolute atomic E-state index is 0.224. The van der Waals surface area contributed by atoms with Gasteiger partial charge >= 0.3 is 6.18 Å². The molecule has 0 saturated heterocycles. The molecule has 1 rings (SSSR count). The van der Waals surface area contributed by atoms with Crippen LogP contribution in [0, 0.1) is 0 Å². The molecule has 0 bridgehead atoms. The number of rotatable bonds is 2. The van der Waals surface area contributed by atoms with Gasteiger partial charge in [-0.15, -0.1) is 11.6 Å². The lowest BCUT2D eigenvalue weighted by atomic mass is 10.1. The highest BCUT2D eigenvalue weighted by atomic mass is 35.5. The highest BCUT2D eigenvalue weighted by Crippen LogP contribution is 2.36. The standard InChI is InChI=1S/C10H8ClF3O/c11-5-1-2-7-3-4-9(15)8(6-7)10(12,13)14/h1-4,6,15H,5H2. The van der Waals surface area contributed by atoms with Crippen LogP contribution < -0.4 is 0 Å². The SMILES string of the molecule is Oc1ccc(C=CCCl)cc1C(F)(F)F. The van der Waals surface area contributed by atoms with Crippen LogP contribution >= 0.6 is 11.6 Å². The van der Waals surface area contributed by atoms with E-state index in [1.807, 2.05) is 0 Å². The maximum atomic E-state index is 12.3. The normalized spacial score (nSPS) is 12.3. The minimum atomic E-state index is -4.55. The van der Waals surface area contributed by atoms with E-state index >= 15 is 0 Å². The molecule has 15 heavy (non-hydrogen) atoms. The Labute approximate surface area is 89.8 Å². The van der Waals surface area contributed by atoms with Gasteiger partial charge in [-0.25, -0.2) is 0 Å². The van der Waals surface area contributed by atoms with Gasteiger partial charge in [0.05, 0.1) is 5.56 Å². The van der Waals surface area contributed by atoms with Crippen LogP contribution in [-0.4, -0.2) is 11.0 Å². The van der Waals surface area contributed by atoms with Gasteiger partial charge in [0.1, 0.15) is 5.75 Å². The van der Waals surface area contributed by atoms with Crippen LogP contribution in [0.5, 0.6) is 5.75 Å². The van der Waals surface area contributed by atoms with E-state index in [2.05, 4.69) is 0 Å². The summed E-state index contributed by atoms with van der Waals surface area (Å²) in [4.78, 5) is 0. The monoisotopic (exact) mass is 236 g/mol. The summed E-state index contributed by atoms with van der Waals surface area (Å²) in [5.41, 5.74) is -0.694. The first-order chi connectivity index (χ1) is 6.95. The first kappa shape index (κ1) is 11.9. The molecule has 0 aliphatic rings. The maximum absolute atomic E-state index is 12.3. The minimum Gasteiger partial charge on any atom is -0.507 e. The van der Waals surface area contributed by atoms with Crippen molar-refractivity contribution in [2.45, 2.75) is 6.18 Å². The summed E-state index contributed by atoms with van der Waals surface area (Å²) in [6, 6.07) is 3.27. The number of alkyl halides is 4. The van der Waals surface area contributed by atoms with Crippen LogP contribution in [-0.2, 0) is 6.18 Å². The van der Waals surface area contributed by atoms with E-state index in [0.717, 1.165) is 12.1 Å². The van der Waals surface area contributed by atoms with Crippen LogP contribution in [0.1, 0.15) is 11.1 Å². The molecule has 0 aromatic heterocycles. The fraction of sp³-hybridized carbons (Fsp3) is 0.200. The third-order valence-corrected chi connectivity index (χ3v) is 1.90. The van der Waals surface area contributed by atoms with E-state index in [-0.39, 0.29) is 5.88 Å². The molecule has 0 radical (unpaired) electrons. The van der Waals surface area contributed by atoms with Gasteiger partial charge in [-0.3, -0.25) is 0 Å². The first-order valence-electron chi connectivity index (χ1n) is 4.08. The average molecular weight is 237 g/mol. The average Bonchev–Trinajstić information content (AvgIpc) is 2.15. The Hall–Kier alpha value is -1.16. The number of hydrogen-bond donors (Lipinski definition) is 1. The van der Waals surface area contributed by atoms with Gasteiger partial charge in [0.25, 0.3) is 0 Å². The Kier molecular flexibility index (Phi) is 3.63. The quantitative estimate of drug-likeness (QED) is 0.777. The van der Waals surface area contributed by atoms with Crippen LogP contribution in [0.4, 0.5) is 13.2 Å². The third-order valence-electron chi connectivity index (χ3n) is 1.73. The summed E-state index contributed by atoms with van der Waals surface area (Å²) in [6.45, 7) is 0. The molecule has 0 aliphatic heterocycles. The molecular weight excluding hydrogens is 229 g/mol. The van der Waals surface area contributed by atoms with Crippen molar-refractivity contribution >= 4 is 17.7 Å². The zero-order valence-electron chi connectivity index (χ0n) is 7.55. The van der Waals surface area contributed by atoms with E-state index < -0.39 is 17.5 Å². The molecule has 0 atom stereocenters. The summed E-state index contributed by atoms with van der Waals surface area (Å²) in [7, 11) is 0. The Morgan fingerprint density at radius 1 is 1.33 bits per heavy atom. The molecular formula is C10H8ClF3O. The summed E-state index contributed by atoms with van der Waals surface area (Å²) < 4.78 is 37.0. The Morgan fingerprint density at radius 3 is 2.53 bits per heavy atom. The second-order valence-corrected chi connectivity index (χ2v) is 3.14. The van der Waals surface area contributed by atoms with Crippen molar-refractivity contribution in [2.24, 2.45) is 0 Å². The predicted octanol–water partition coefficient (Wildman–Crippen LogP) is 3.66. The van der Waals surface area contributed by atoms with Gasteiger partial charge in [0, 0.05) is 5.88 Å². The van der Waals surface area contributed by atoms with Gasteiger partial charge in [-0.2, -0.15) is 13.2 Å². The Morgan fingerprint density at radius 2 is 2.00 bits per heavy atom. The van der Waals surface area contributed by atoms with Crippen molar-refractivity contribution in [3.8, 4) is 5.75 Å². The van der Waals surface area contributed by atoms with Crippen molar-refractivity contribution in [3.63, 3.8) is 0 Å². The molecule has 1 nitrogen and oxygen atoms in total. The van der Waals surface area contributed by atoms with E-state index in [4.69, 9.17) is 16.7 Å². The lowest BCUT2D eigenvalue weighted by molar-refractivity contribution is -0.138. The highest BCUT2D eigenvalue weighted by Gasteiger charge is 2.33. The molecule has 0 heterocycles. The Balaban J connectivity index is 3.11. The van der Waals surface area contributed by atoms with E-state index in [1.54, 1.807) is 0 Å². The molecule has 0 amide bonds. The number of halogens is 4. The van der Waals surface area contributed by atoms with Crippen LogP contribution in [0.25, 0.3) is 6.08 Å². The third kappa shape index (κ3) is 3.16. The summed E-state index contributed by atoms with van der Waals surface area (Å²) >= 11 is 5.35. The van der Waals surface area contributed by atoms with Crippen molar-refractivity contribution in [1.82, 2.24) is 0 Å². The van der Waals surface area contributed by atoms with Crippen LogP contribution in [0.3, 0.4) is 0 Å². The van der Waals surface area contributed by atoms with Crippen molar-refractivity contribution in [2.75, 3.05) is 5.88 Å².